The Morgan fingerprint density at radius 3 is 2.55 bits per heavy atom. The van der Waals surface area contributed by atoms with Gasteiger partial charge in [-0.15, -0.1) is 0 Å². The summed E-state index contributed by atoms with van der Waals surface area (Å²) in [6.45, 7) is 13.1. The van der Waals surface area contributed by atoms with Gasteiger partial charge in [0.05, 0.1) is 0 Å². The SMILES string of the molecule is C=C1C(C)CC(C)=CC1(C)C. The van der Waals surface area contributed by atoms with Crippen LogP contribution in [0.5, 0.6) is 0 Å². The van der Waals surface area contributed by atoms with Gasteiger partial charge in [0, 0.05) is 5.41 Å². The summed E-state index contributed by atoms with van der Waals surface area (Å²) < 4.78 is 0. The zero-order chi connectivity index (χ0) is 8.65. The molecule has 1 aliphatic carbocycles. The maximum absolute atomic E-state index is 4.14. The molecule has 0 bridgehead atoms. The second-order valence-corrected chi connectivity index (χ2v) is 4.34. The van der Waals surface area contributed by atoms with E-state index in [0.29, 0.717) is 5.92 Å². The van der Waals surface area contributed by atoms with E-state index in [2.05, 4.69) is 40.3 Å². The number of rotatable bonds is 0. The molecular formula is C11H18. The molecule has 0 saturated carbocycles. The second-order valence-electron chi connectivity index (χ2n) is 4.34. The molecule has 0 aromatic carbocycles. The summed E-state index contributed by atoms with van der Waals surface area (Å²) in [5, 5.41) is 0. The Morgan fingerprint density at radius 2 is 2.09 bits per heavy atom. The highest BCUT2D eigenvalue weighted by molar-refractivity contribution is 5.27. The molecule has 0 radical (unpaired) electrons. The molecule has 1 aliphatic rings. The van der Waals surface area contributed by atoms with Gasteiger partial charge < -0.3 is 0 Å². The average Bonchev–Trinajstić information content (AvgIpc) is 1.81. The molecule has 0 heteroatoms. The molecule has 0 spiro atoms. The highest BCUT2D eigenvalue weighted by Crippen LogP contribution is 2.40. The highest BCUT2D eigenvalue weighted by Gasteiger charge is 2.27. The van der Waals surface area contributed by atoms with E-state index in [0.717, 1.165) is 0 Å². The van der Waals surface area contributed by atoms with Gasteiger partial charge in [-0.25, -0.2) is 0 Å². The van der Waals surface area contributed by atoms with Crippen molar-refractivity contribution in [3.05, 3.63) is 23.8 Å². The second kappa shape index (κ2) is 2.51. The fourth-order valence-corrected chi connectivity index (χ4v) is 2.01. The lowest BCUT2D eigenvalue weighted by Gasteiger charge is -2.34. The van der Waals surface area contributed by atoms with Gasteiger partial charge in [0.1, 0.15) is 0 Å². The fraction of sp³-hybridized carbons (Fsp3) is 0.636. The smallest absolute Gasteiger partial charge is 0.00369 e. The minimum atomic E-state index is 0.224. The molecule has 11 heavy (non-hydrogen) atoms. The standard InChI is InChI=1S/C11H18/c1-8-6-9(2)10(3)11(4,5)7-8/h7,9H,3,6H2,1-2,4-5H3. The Bertz CT molecular complexity index is 206. The fourth-order valence-electron chi connectivity index (χ4n) is 2.01. The van der Waals surface area contributed by atoms with Crippen molar-refractivity contribution >= 4 is 0 Å². The number of hydrogen-bond donors (Lipinski definition) is 0. The summed E-state index contributed by atoms with van der Waals surface area (Å²) >= 11 is 0. The van der Waals surface area contributed by atoms with E-state index < -0.39 is 0 Å². The van der Waals surface area contributed by atoms with Crippen LogP contribution in [0.25, 0.3) is 0 Å². The van der Waals surface area contributed by atoms with Gasteiger partial charge >= 0.3 is 0 Å². The van der Waals surface area contributed by atoms with Crippen LogP contribution < -0.4 is 0 Å². The predicted octanol–water partition coefficient (Wildman–Crippen LogP) is 3.55. The number of allylic oxidation sites excluding steroid dienone is 3. The molecule has 0 fully saturated rings. The summed E-state index contributed by atoms with van der Waals surface area (Å²) in [7, 11) is 0. The lowest BCUT2D eigenvalue weighted by molar-refractivity contribution is 0.454. The van der Waals surface area contributed by atoms with Crippen LogP contribution in [0.4, 0.5) is 0 Å². The molecular weight excluding hydrogens is 132 g/mol. The van der Waals surface area contributed by atoms with Crippen molar-refractivity contribution < 1.29 is 0 Å². The molecule has 0 aromatic rings. The molecule has 1 unspecified atom stereocenters. The van der Waals surface area contributed by atoms with Crippen LogP contribution in [0.1, 0.15) is 34.1 Å². The Kier molecular flexibility index (Phi) is 1.96. The van der Waals surface area contributed by atoms with Crippen LogP contribution in [0.15, 0.2) is 23.8 Å². The molecule has 0 nitrogen and oxygen atoms in total. The first-order chi connectivity index (χ1) is 4.93. The summed E-state index contributed by atoms with van der Waals surface area (Å²) in [4.78, 5) is 0. The van der Waals surface area contributed by atoms with Gasteiger partial charge in [-0.3, -0.25) is 0 Å². The minimum absolute atomic E-state index is 0.224. The maximum Gasteiger partial charge on any atom is 0.00369 e. The average molecular weight is 150 g/mol. The van der Waals surface area contributed by atoms with Crippen molar-refractivity contribution in [1.29, 1.82) is 0 Å². The van der Waals surface area contributed by atoms with Crippen LogP contribution in [0.3, 0.4) is 0 Å². The van der Waals surface area contributed by atoms with Crippen LogP contribution in [0.2, 0.25) is 0 Å². The van der Waals surface area contributed by atoms with Crippen molar-refractivity contribution in [1.82, 2.24) is 0 Å². The van der Waals surface area contributed by atoms with Crippen LogP contribution in [-0.2, 0) is 0 Å². The van der Waals surface area contributed by atoms with Crippen molar-refractivity contribution in [3.63, 3.8) is 0 Å². The third kappa shape index (κ3) is 1.55. The maximum atomic E-state index is 4.14. The molecule has 0 saturated heterocycles. The summed E-state index contributed by atoms with van der Waals surface area (Å²) in [6, 6.07) is 0. The van der Waals surface area contributed by atoms with Crippen molar-refractivity contribution in [2.24, 2.45) is 11.3 Å². The summed E-state index contributed by atoms with van der Waals surface area (Å²) in [5.74, 6) is 0.662. The third-order valence-corrected chi connectivity index (χ3v) is 2.66. The van der Waals surface area contributed by atoms with Gasteiger partial charge in [-0.2, -0.15) is 0 Å². The van der Waals surface area contributed by atoms with Crippen LogP contribution in [-0.4, -0.2) is 0 Å². The number of hydrogen-bond acceptors (Lipinski definition) is 0. The largest absolute Gasteiger partial charge is 0.0987 e. The van der Waals surface area contributed by atoms with Crippen LogP contribution in [0, 0.1) is 11.3 Å². The van der Waals surface area contributed by atoms with Gasteiger partial charge in [-0.05, 0) is 19.3 Å². The first kappa shape index (κ1) is 8.58. The third-order valence-electron chi connectivity index (χ3n) is 2.66. The molecule has 0 N–H and O–H groups in total. The zero-order valence-electron chi connectivity index (χ0n) is 8.07. The van der Waals surface area contributed by atoms with E-state index in [1.54, 1.807) is 0 Å². The molecule has 0 aromatic heterocycles. The first-order valence-electron chi connectivity index (χ1n) is 4.31. The molecule has 62 valence electrons. The first-order valence-corrected chi connectivity index (χ1v) is 4.31. The lowest BCUT2D eigenvalue weighted by atomic mass is 9.71. The van der Waals surface area contributed by atoms with Crippen molar-refractivity contribution in [2.75, 3.05) is 0 Å². The molecule has 0 heterocycles. The van der Waals surface area contributed by atoms with E-state index in [1.165, 1.54) is 17.6 Å². The van der Waals surface area contributed by atoms with E-state index in [9.17, 15) is 0 Å². The Balaban J connectivity index is 2.97. The van der Waals surface area contributed by atoms with Crippen molar-refractivity contribution in [2.45, 2.75) is 34.1 Å². The van der Waals surface area contributed by atoms with Gasteiger partial charge in [-0.1, -0.05) is 44.6 Å². The molecule has 0 aliphatic heterocycles. The lowest BCUT2D eigenvalue weighted by Crippen LogP contribution is -2.21. The quantitative estimate of drug-likeness (QED) is 0.463. The monoisotopic (exact) mass is 150 g/mol. The van der Waals surface area contributed by atoms with Gasteiger partial charge in [0.2, 0.25) is 0 Å². The minimum Gasteiger partial charge on any atom is -0.0987 e. The topological polar surface area (TPSA) is 0 Å². The van der Waals surface area contributed by atoms with E-state index in [4.69, 9.17) is 0 Å². The Hall–Kier alpha value is -0.520. The summed E-state index contributed by atoms with van der Waals surface area (Å²) in [5.41, 5.74) is 3.11. The highest BCUT2D eigenvalue weighted by atomic mass is 14.3. The predicted molar refractivity (Wildman–Crippen MR) is 50.5 cm³/mol. The van der Waals surface area contributed by atoms with Crippen LogP contribution >= 0.6 is 0 Å². The van der Waals surface area contributed by atoms with Crippen molar-refractivity contribution in [3.8, 4) is 0 Å². The molecule has 1 atom stereocenters. The molecule has 0 amide bonds. The van der Waals surface area contributed by atoms with Gasteiger partial charge in [0.25, 0.3) is 0 Å². The zero-order valence-corrected chi connectivity index (χ0v) is 8.07. The Morgan fingerprint density at radius 1 is 1.55 bits per heavy atom. The van der Waals surface area contributed by atoms with E-state index in [-0.39, 0.29) is 5.41 Å². The van der Waals surface area contributed by atoms with Gasteiger partial charge in [0.15, 0.2) is 0 Å². The van der Waals surface area contributed by atoms with E-state index >= 15 is 0 Å². The normalized spacial score (nSPS) is 30.0. The summed E-state index contributed by atoms with van der Waals surface area (Å²) in [6.07, 6.45) is 3.54. The Labute approximate surface area is 70.0 Å². The molecule has 1 rings (SSSR count). The van der Waals surface area contributed by atoms with E-state index in [1.807, 2.05) is 0 Å².